The smallest absolute Gasteiger partial charge is 0.183 e. The number of hydrogen-bond acceptors (Lipinski definition) is 4. The summed E-state index contributed by atoms with van der Waals surface area (Å²) in [5.41, 5.74) is 2.49. The van der Waals surface area contributed by atoms with Gasteiger partial charge in [0.25, 0.3) is 0 Å². The van der Waals surface area contributed by atoms with Gasteiger partial charge >= 0.3 is 0 Å². The molecule has 2 aromatic heterocycles. The maximum absolute atomic E-state index is 5.94. The SMILES string of the molecule is COCc1c(C)c(Cl)nn2cnnc12. The van der Waals surface area contributed by atoms with Gasteiger partial charge in [0.2, 0.25) is 0 Å². The van der Waals surface area contributed by atoms with E-state index >= 15 is 0 Å². The van der Waals surface area contributed by atoms with Crippen LogP contribution >= 0.6 is 11.6 Å². The van der Waals surface area contributed by atoms with Crippen molar-refractivity contribution in [3.05, 3.63) is 22.6 Å². The lowest BCUT2D eigenvalue weighted by molar-refractivity contribution is 0.185. The zero-order valence-electron chi connectivity index (χ0n) is 7.86. The fraction of sp³-hybridized carbons (Fsp3) is 0.375. The van der Waals surface area contributed by atoms with Crippen LogP contribution in [0.15, 0.2) is 6.33 Å². The first-order valence-corrected chi connectivity index (χ1v) is 4.45. The predicted octanol–water partition coefficient (Wildman–Crippen LogP) is 1.23. The molecule has 6 heteroatoms. The average molecular weight is 213 g/mol. The second-order valence-electron chi connectivity index (χ2n) is 2.93. The predicted molar refractivity (Wildman–Crippen MR) is 51.2 cm³/mol. The van der Waals surface area contributed by atoms with E-state index in [-0.39, 0.29) is 0 Å². The molecule has 0 spiro atoms. The van der Waals surface area contributed by atoms with Crippen molar-refractivity contribution in [2.75, 3.05) is 7.11 Å². The van der Waals surface area contributed by atoms with Crippen molar-refractivity contribution in [3.63, 3.8) is 0 Å². The molecular weight excluding hydrogens is 204 g/mol. The van der Waals surface area contributed by atoms with E-state index in [1.807, 2.05) is 6.92 Å². The van der Waals surface area contributed by atoms with E-state index in [4.69, 9.17) is 16.3 Å². The molecule has 14 heavy (non-hydrogen) atoms. The van der Waals surface area contributed by atoms with Gasteiger partial charge in [-0.15, -0.1) is 10.2 Å². The van der Waals surface area contributed by atoms with E-state index in [0.29, 0.717) is 17.4 Å². The second-order valence-corrected chi connectivity index (χ2v) is 3.28. The molecule has 2 rings (SSSR count). The van der Waals surface area contributed by atoms with E-state index in [9.17, 15) is 0 Å². The highest BCUT2D eigenvalue weighted by atomic mass is 35.5. The van der Waals surface area contributed by atoms with Crippen LogP contribution in [0.1, 0.15) is 11.1 Å². The van der Waals surface area contributed by atoms with Crippen molar-refractivity contribution in [3.8, 4) is 0 Å². The summed E-state index contributed by atoms with van der Waals surface area (Å²) < 4.78 is 6.62. The summed E-state index contributed by atoms with van der Waals surface area (Å²) in [5, 5.41) is 12.2. The van der Waals surface area contributed by atoms with Crippen molar-refractivity contribution < 1.29 is 4.74 Å². The Kier molecular flexibility index (Phi) is 2.35. The molecule has 0 aliphatic heterocycles. The molecule has 0 radical (unpaired) electrons. The van der Waals surface area contributed by atoms with Gasteiger partial charge in [-0.1, -0.05) is 11.6 Å². The maximum atomic E-state index is 5.94. The molecule has 2 aromatic rings. The van der Waals surface area contributed by atoms with Crippen LogP contribution in [0.5, 0.6) is 0 Å². The van der Waals surface area contributed by atoms with Crippen LogP contribution in [0.4, 0.5) is 0 Å². The Morgan fingerprint density at radius 1 is 1.57 bits per heavy atom. The minimum atomic E-state index is 0.448. The largest absolute Gasteiger partial charge is 0.380 e. The summed E-state index contributed by atoms with van der Waals surface area (Å²) in [6.07, 6.45) is 1.51. The van der Waals surface area contributed by atoms with Crippen molar-refractivity contribution in [2.45, 2.75) is 13.5 Å². The van der Waals surface area contributed by atoms with Gasteiger partial charge < -0.3 is 4.74 Å². The number of hydrogen-bond donors (Lipinski definition) is 0. The van der Waals surface area contributed by atoms with Gasteiger partial charge in [0.05, 0.1) is 6.61 Å². The summed E-state index contributed by atoms with van der Waals surface area (Å²) in [6, 6.07) is 0. The van der Waals surface area contributed by atoms with E-state index in [1.54, 1.807) is 11.6 Å². The lowest BCUT2D eigenvalue weighted by atomic mass is 10.2. The molecule has 0 aliphatic rings. The maximum Gasteiger partial charge on any atom is 0.183 e. The van der Waals surface area contributed by atoms with Gasteiger partial charge in [-0.2, -0.15) is 9.61 Å². The van der Waals surface area contributed by atoms with E-state index in [0.717, 1.165) is 11.1 Å². The Balaban J connectivity index is 2.73. The van der Waals surface area contributed by atoms with E-state index in [1.165, 1.54) is 6.33 Å². The number of ether oxygens (including phenoxy) is 1. The number of aromatic nitrogens is 4. The highest BCUT2D eigenvalue weighted by Gasteiger charge is 2.11. The molecule has 0 amide bonds. The number of halogens is 1. The fourth-order valence-corrected chi connectivity index (χ4v) is 1.48. The minimum Gasteiger partial charge on any atom is -0.380 e. The van der Waals surface area contributed by atoms with Crippen LogP contribution < -0.4 is 0 Å². The first-order valence-electron chi connectivity index (χ1n) is 4.08. The molecule has 0 fully saturated rings. The lowest BCUT2D eigenvalue weighted by Gasteiger charge is -2.06. The topological polar surface area (TPSA) is 52.3 Å². The van der Waals surface area contributed by atoms with Gasteiger partial charge in [-0.25, -0.2) is 0 Å². The zero-order chi connectivity index (χ0) is 10.1. The second kappa shape index (κ2) is 3.51. The summed E-state index contributed by atoms with van der Waals surface area (Å²) in [7, 11) is 1.63. The molecule has 0 aromatic carbocycles. The van der Waals surface area contributed by atoms with Gasteiger partial charge in [0.1, 0.15) is 6.33 Å². The number of nitrogens with zero attached hydrogens (tertiary/aromatic N) is 4. The molecule has 0 N–H and O–H groups in total. The molecule has 0 bridgehead atoms. The normalized spacial score (nSPS) is 11.1. The first kappa shape index (κ1) is 9.36. The standard InChI is InChI=1S/C8H9ClN4O/c1-5-6(3-14-2)8-11-10-4-13(8)12-7(5)9/h4H,3H2,1-2H3. The Labute approximate surface area is 85.7 Å². The third kappa shape index (κ3) is 1.34. The Hall–Kier alpha value is -1.20. The third-order valence-corrected chi connectivity index (χ3v) is 2.41. The summed E-state index contributed by atoms with van der Waals surface area (Å²) >= 11 is 5.94. The Bertz CT molecular complexity index is 468. The van der Waals surface area contributed by atoms with Crippen molar-refractivity contribution in [1.82, 2.24) is 19.8 Å². The van der Waals surface area contributed by atoms with E-state index in [2.05, 4.69) is 15.3 Å². The summed E-state index contributed by atoms with van der Waals surface area (Å²) in [4.78, 5) is 0. The fourth-order valence-electron chi connectivity index (χ4n) is 1.28. The van der Waals surface area contributed by atoms with Crippen molar-refractivity contribution in [2.24, 2.45) is 0 Å². The van der Waals surface area contributed by atoms with Crippen LogP contribution in [-0.2, 0) is 11.3 Å². The van der Waals surface area contributed by atoms with Gasteiger partial charge in [0.15, 0.2) is 10.8 Å². The molecule has 2 heterocycles. The van der Waals surface area contributed by atoms with Crippen LogP contribution in [0, 0.1) is 6.92 Å². The highest BCUT2D eigenvalue weighted by molar-refractivity contribution is 6.30. The monoisotopic (exact) mass is 212 g/mol. The highest BCUT2D eigenvalue weighted by Crippen LogP contribution is 2.20. The molecule has 74 valence electrons. The summed E-state index contributed by atoms with van der Waals surface area (Å²) in [5.74, 6) is 0. The first-order chi connectivity index (χ1) is 6.74. The van der Waals surface area contributed by atoms with Gasteiger partial charge in [-0.05, 0) is 12.5 Å². The van der Waals surface area contributed by atoms with Crippen LogP contribution in [0.2, 0.25) is 5.15 Å². The molecule has 0 atom stereocenters. The van der Waals surface area contributed by atoms with Gasteiger partial charge in [-0.3, -0.25) is 0 Å². The number of fused-ring (bicyclic) bond motifs is 1. The number of rotatable bonds is 2. The van der Waals surface area contributed by atoms with Crippen LogP contribution in [0.25, 0.3) is 5.65 Å². The van der Waals surface area contributed by atoms with Crippen molar-refractivity contribution in [1.29, 1.82) is 0 Å². The molecule has 0 saturated carbocycles. The Morgan fingerprint density at radius 2 is 2.36 bits per heavy atom. The van der Waals surface area contributed by atoms with Gasteiger partial charge in [0, 0.05) is 12.7 Å². The zero-order valence-corrected chi connectivity index (χ0v) is 8.62. The van der Waals surface area contributed by atoms with Crippen molar-refractivity contribution >= 4 is 17.2 Å². The third-order valence-electron chi connectivity index (χ3n) is 2.05. The molecule has 5 nitrogen and oxygen atoms in total. The number of methoxy groups -OCH3 is 1. The lowest BCUT2D eigenvalue weighted by Crippen LogP contribution is -2.02. The quantitative estimate of drug-likeness (QED) is 0.752. The molecule has 0 unspecified atom stereocenters. The molecule has 0 aliphatic carbocycles. The summed E-state index contributed by atoms with van der Waals surface area (Å²) in [6.45, 7) is 2.34. The Morgan fingerprint density at radius 3 is 3.07 bits per heavy atom. The van der Waals surface area contributed by atoms with Crippen LogP contribution in [-0.4, -0.2) is 26.9 Å². The molecular formula is C8H9ClN4O. The molecule has 0 saturated heterocycles. The van der Waals surface area contributed by atoms with Crippen LogP contribution in [0.3, 0.4) is 0 Å². The van der Waals surface area contributed by atoms with E-state index < -0.39 is 0 Å². The average Bonchev–Trinajstić information content (AvgIpc) is 2.60. The minimum absolute atomic E-state index is 0.448.